The van der Waals surface area contributed by atoms with Crippen molar-refractivity contribution in [3.8, 4) is 17.0 Å². The van der Waals surface area contributed by atoms with Crippen LogP contribution < -0.4 is 15.6 Å². The first-order valence-electron chi connectivity index (χ1n) is 9.02. The van der Waals surface area contributed by atoms with Crippen molar-refractivity contribution in [1.82, 2.24) is 15.1 Å². The first-order chi connectivity index (χ1) is 13.5. The Hall–Kier alpha value is -3.41. The lowest BCUT2D eigenvalue weighted by molar-refractivity contribution is -0.122. The molecule has 2 aromatic carbocycles. The molecule has 0 unspecified atom stereocenters. The molecule has 0 aliphatic heterocycles. The van der Waals surface area contributed by atoms with Crippen LogP contribution in [-0.4, -0.2) is 22.8 Å². The van der Waals surface area contributed by atoms with Crippen LogP contribution in [0.25, 0.3) is 11.3 Å². The van der Waals surface area contributed by atoms with Gasteiger partial charge >= 0.3 is 0 Å². The highest BCUT2D eigenvalue weighted by Crippen LogP contribution is 2.21. The summed E-state index contributed by atoms with van der Waals surface area (Å²) in [6.07, 6.45) is 0. The largest absolute Gasteiger partial charge is 0.496 e. The summed E-state index contributed by atoms with van der Waals surface area (Å²) in [6.45, 7) is 4.19. The molecule has 0 saturated heterocycles. The molecule has 0 fully saturated rings. The van der Waals surface area contributed by atoms with E-state index in [1.54, 1.807) is 13.2 Å². The smallest absolute Gasteiger partial charge is 0.267 e. The minimum atomic E-state index is -0.319. The molecule has 0 atom stereocenters. The number of carbonyl (C=O) groups is 1. The molecule has 3 aromatic rings. The third-order valence-corrected chi connectivity index (χ3v) is 4.49. The van der Waals surface area contributed by atoms with Gasteiger partial charge in [-0.1, -0.05) is 42.0 Å². The zero-order valence-corrected chi connectivity index (χ0v) is 16.2. The molecule has 3 rings (SSSR count). The van der Waals surface area contributed by atoms with Gasteiger partial charge in [0.15, 0.2) is 0 Å². The first kappa shape index (κ1) is 19.4. The lowest BCUT2D eigenvalue weighted by Gasteiger charge is -2.11. The summed E-state index contributed by atoms with van der Waals surface area (Å²) in [5, 5.41) is 7.19. The Kier molecular flexibility index (Phi) is 5.89. The van der Waals surface area contributed by atoms with Crippen LogP contribution in [0.2, 0.25) is 0 Å². The number of hydrogen-bond acceptors (Lipinski definition) is 4. The summed E-state index contributed by atoms with van der Waals surface area (Å²) < 4.78 is 6.47. The molecule has 6 heteroatoms. The maximum atomic E-state index is 12.3. The molecule has 6 nitrogen and oxygen atoms in total. The van der Waals surface area contributed by atoms with E-state index in [9.17, 15) is 9.59 Å². The van der Waals surface area contributed by atoms with E-state index in [1.165, 1.54) is 10.7 Å². The average Bonchev–Trinajstić information content (AvgIpc) is 2.68. The summed E-state index contributed by atoms with van der Waals surface area (Å²) in [5.74, 6) is 0.410. The van der Waals surface area contributed by atoms with Gasteiger partial charge in [0.05, 0.1) is 12.8 Å². The van der Waals surface area contributed by atoms with Gasteiger partial charge in [-0.05, 0) is 31.5 Å². The first-order valence-corrected chi connectivity index (χ1v) is 9.02. The summed E-state index contributed by atoms with van der Waals surface area (Å²) in [4.78, 5) is 24.5. The molecule has 0 saturated carbocycles. The fourth-order valence-electron chi connectivity index (χ4n) is 3.04. The van der Waals surface area contributed by atoms with Crippen LogP contribution in [0.3, 0.4) is 0 Å². The zero-order chi connectivity index (χ0) is 20.1. The summed E-state index contributed by atoms with van der Waals surface area (Å²) in [5.41, 5.74) is 4.37. The van der Waals surface area contributed by atoms with Crippen molar-refractivity contribution in [3.05, 3.63) is 81.6 Å². The fraction of sp³-hybridized carbons (Fsp3) is 0.227. The predicted molar refractivity (Wildman–Crippen MR) is 108 cm³/mol. The molecule has 1 N–H and O–H groups in total. The molecule has 0 spiro atoms. The van der Waals surface area contributed by atoms with Crippen LogP contribution in [0.15, 0.2) is 59.4 Å². The molecule has 0 bridgehead atoms. The van der Waals surface area contributed by atoms with E-state index in [-0.39, 0.29) is 18.0 Å². The number of carbonyl (C=O) groups excluding carboxylic acids is 1. The van der Waals surface area contributed by atoms with E-state index in [0.29, 0.717) is 18.0 Å². The number of rotatable bonds is 6. The monoisotopic (exact) mass is 377 g/mol. The third-order valence-electron chi connectivity index (χ3n) is 4.49. The van der Waals surface area contributed by atoms with E-state index >= 15 is 0 Å². The Labute approximate surface area is 163 Å². The van der Waals surface area contributed by atoms with Crippen LogP contribution in [0, 0.1) is 13.8 Å². The summed E-state index contributed by atoms with van der Waals surface area (Å²) >= 11 is 0. The highest BCUT2D eigenvalue weighted by Gasteiger charge is 2.10. The molecular formula is C22H23N3O3. The van der Waals surface area contributed by atoms with Crippen LogP contribution in [0.1, 0.15) is 16.7 Å². The minimum Gasteiger partial charge on any atom is -0.496 e. The van der Waals surface area contributed by atoms with Crippen molar-refractivity contribution >= 4 is 5.91 Å². The second-order valence-electron chi connectivity index (χ2n) is 6.62. The van der Waals surface area contributed by atoms with Crippen molar-refractivity contribution in [1.29, 1.82) is 0 Å². The number of nitrogens with one attached hydrogen (secondary N) is 1. The number of methoxy groups -OCH3 is 1. The number of hydrogen-bond donors (Lipinski definition) is 1. The van der Waals surface area contributed by atoms with Crippen LogP contribution >= 0.6 is 0 Å². The third kappa shape index (κ3) is 4.46. The topological polar surface area (TPSA) is 73.2 Å². The summed E-state index contributed by atoms with van der Waals surface area (Å²) in [6, 6.07) is 16.6. The molecule has 0 aliphatic carbocycles. The molecule has 0 radical (unpaired) electrons. The van der Waals surface area contributed by atoms with Gasteiger partial charge in [0.1, 0.15) is 12.3 Å². The number of benzene rings is 2. The van der Waals surface area contributed by atoms with E-state index in [4.69, 9.17) is 4.74 Å². The number of nitrogens with zero attached hydrogens (tertiary/aromatic N) is 2. The van der Waals surface area contributed by atoms with Gasteiger partial charge in [-0.25, -0.2) is 4.68 Å². The van der Waals surface area contributed by atoms with Crippen molar-refractivity contribution in [2.45, 2.75) is 26.9 Å². The van der Waals surface area contributed by atoms with E-state index in [0.717, 1.165) is 22.3 Å². The van der Waals surface area contributed by atoms with Crippen molar-refractivity contribution in [3.63, 3.8) is 0 Å². The Bertz CT molecular complexity index is 1060. The van der Waals surface area contributed by atoms with Gasteiger partial charge in [0.2, 0.25) is 5.91 Å². The Balaban J connectivity index is 1.75. The Morgan fingerprint density at radius 3 is 2.64 bits per heavy atom. The molecule has 1 aromatic heterocycles. The average molecular weight is 377 g/mol. The van der Waals surface area contributed by atoms with Gasteiger partial charge in [0.25, 0.3) is 5.56 Å². The lowest BCUT2D eigenvalue weighted by Crippen LogP contribution is -2.33. The molecule has 28 heavy (non-hydrogen) atoms. The molecule has 144 valence electrons. The second kappa shape index (κ2) is 8.52. The van der Waals surface area contributed by atoms with Crippen LogP contribution in [0.5, 0.6) is 5.75 Å². The number of para-hydroxylation sites is 1. The number of aromatic nitrogens is 2. The van der Waals surface area contributed by atoms with Gasteiger partial charge in [-0.2, -0.15) is 5.10 Å². The van der Waals surface area contributed by atoms with E-state index in [2.05, 4.69) is 16.5 Å². The molecule has 1 amide bonds. The van der Waals surface area contributed by atoms with E-state index in [1.807, 2.05) is 50.2 Å². The summed E-state index contributed by atoms with van der Waals surface area (Å²) in [7, 11) is 1.59. The highest BCUT2D eigenvalue weighted by atomic mass is 16.5. The standard InChI is InChI=1S/C22H23N3O3/c1-15-8-9-18(16(2)12-15)19-10-11-22(27)25(24-19)14-21(26)23-13-17-6-4-5-7-20(17)28-3/h4-12H,13-14H2,1-3H3,(H,23,26). The number of ether oxygens (including phenoxy) is 1. The maximum absolute atomic E-state index is 12.3. The normalized spacial score (nSPS) is 10.5. The Morgan fingerprint density at radius 1 is 1.11 bits per heavy atom. The minimum absolute atomic E-state index is 0.146. The number of amides is 1. The molecular weight excluding hydrogens is 354 g/mol. The van der Waals surface area contributed by atoms with Crippen molar-refractivity contribution in [2.75, 3.05) is 7.11 Å². The van der Waals surface area contributed by atoms with E-state index < -0.39 is 0 Å². The van der Waals surface area contributed by atoms with Crippen LogP contribution in [0.4, 0.5) is 0 Å². The van der Waals surface area contributed by atoms with Gasteiger partial charge < -0.3 is 10.1 Å². The van der Waals surface area contributed by atoms with Gasteiger partial charge in [0, 0.05) is 23.7 Å². The highest BCUT2D eigenvalue weighted by molar-refractivity contribution is 5.75. The van der Waals surface area contributed by atoms with Crippen LogP contribution in [-0.2, 0) is 17.9 Å². The quantitative estimate of drug-likeness (QED) is 0.717. The number of aryl methyl sites for hydroxylation is 2. The SMILES string of the molecule is COc1ccccc1CNC(=O)Cn1nc(-c2ccc(C)cc2C)ccc1=O. The second-order valence-corrected chi connectivity index (χ2v) is 6.62. The molecule has 0 aliphatic rings. The van der Waals surface area contributed by atoms with Gasteiger partial charge in [-0.3, -0.25) is 9.59 Å². The lowest BCUT2D eigenvalue weighted by atomic mass is 10.0. The maximum Gasteiger partial charge on any atom is 0.267 e. The molecule has 1 heterocycles. The fourth-order valence-corrected chi connectivity index (χ4v) is 3.04. The van der Waals surface area contributed by atoms with Gasteiger partial charge in [-0.15, -0.1) is 0 Å². The zero-order valence-electron chi connectivity index (χ0n) is 16.2. The predicted octanol–water partition coefficient (Wildman–Crippen LogP) is 2.85. The Morgan fingerprint density at radius 2 is 1.89 bits per heavy atom. The van der Waals surface area contributed by atoms with Crippen molar-refractivity contribution in [2.24, 2.45) is 0 Å². The van der Waals surface area contributed by atoms with Crippen molar-refractivity contribution < 1.29 is 9.53 Å².